The van der Waals surface area contributed by atoms with E-state index < -0.39 is 12.1 Å². The number of pyridine rings is 1. The number of nitrogens with zero attached hydrogens (tertiary/aromatic N) is 2. The molecule has 1 atom stereocenters. The molecule has 1 aromatic heterocycles. The molecule has 4 amide bonds. The number of likely N-dealkylation sites (tertiary alicyclic amines) is 1. The fourth-order valence-corrected chi connectivity index (χ4v) is 2.76. The molecule has 3 N–H and O–H groups in total. The van der Waals surface area contributed by atoms with Gasteiger partial charge in [0.2, 0.25) is 11.8 Å². The Morgan fingerprint density at radius 1 is 1.24 bits per heavy atom. The number of aryl methyl sites for hydroxylation is 1. The van der Waals surface area contributed by atoms with Crippen molar-refractivity contribution in [1.29, 1.82) is 0 Å². The van der Waals surface area contributed by atoms with E-state index >= 15 is 0 Å². The molecule has 0 radical (unpaired) electrons. The van der Waals surface area contributed by atoms with Crippen LogP contribution in [0, 0.1) is 12.8 Å². The molecule has 0 aliphatic carbocycles. The molecule has 0 unspecified atom stereocenters. The SMILES string of the molecule is CNC(=O)NC(=O)[C@@H](C)N1CCC(C(=O)Nc2ccc(C)cn2)CC1. The van der Waals surface area contributed by atoms with E-state index in [9.17, 15) is 14.4 Å². The van der Waals surface area contributed by atoms with Gasteiger partial charge in [-0.15, -0.1) is 0 Å². The van der Waals surface area contributed by atoms with Crippen molar-refractivity contribution in [3.8, 4) is 0 Å². The molecule has 8 heteroatoms. The lowest BCUT2D eigenvalue weighted by molar-refractivity contribution is -0.126. The monoisotopic (exact) mass is 347 g/mol. The number of piperidine rings is 1. The van der Waals surface area contributed by atoms with Crippen LogP contribution >= 0.6 is 0 Å². The van der Waals surface area contributed by atoms with Crippen LogP contribution in [0.15, 0.2) is 18.3 Å². The first-order chi connectivity index (χ1) is 11.9. The number of imide groups is 1. The van der Waals surface area contributed by atoms with Crippen LogP contribution < -0.4 is 16.0 Å². The standard InChI is InChI=1S/C17H25N5O3/c1-11-4-5-14(19-10-11)20-16(24)13-6-8-22(9-7-13)12(2)15(23)21-17(25)18-3/h4-5,10,12-13H,6-9H2,1-3H3,(H,19,20,24)(H2,18,21,23,25)/t12-/m1/s1. The maximum absolute atomic E-state index is 12.3. The molecule has 136 valence electrons. The smallest absolute Gasteiger partial charge is 0.321 e. The second kappa shape index (κ2) is 8.57. The number of rotatable bonds is 4. The predicted molar refractivity (Wildman–Crippen MR) is 94.0 cm³/mol. The van der Waals surface area contributed by atoms with Crippen LogP contribution in [0.25, 0.3) is 0 Å². The third-order valence-electron chi connectivity index (χ3n) is 4.45. The van der Waals surface area contributed by atoms with E-state index in [2.05, 4.69) is 20.9 Å². The number of carbonyl (C=O) groups is 3. The fraction of sp³-hybridized carbons (Fsp3) is 0.529. The van der Waals surface area contributed by atoms with E-state index in [1.807, 2.05) is 17.9 Å². The van der Waals surface area contributed by atoms with Crippen molar-refractivity contribution in [2.75, 3.05) is 25.5 Å². The van der Waals surface area contributed by atoms with Crippen LogP contribution in [-0.4, -0.2) is 53.9 Å². The Morgan fingerprint density at radius 2 is 1.92 bits per heavy atom. The minimum atomic E-state index is -0.517. The molecular weight excluding hydrogens is 322 g/mol. The van der Waals surface area contributed by atoms with Crippen LogP contribution in [0.5, 0.6) is 0 Å². The van der Waals surface area contributed by atoms with Crippen LogP contribution in [-0.2, 0) is 9.59 Å². The van der Waals surface area contributed by atoms with Gasteiger partial charge in [-0.05, 0) is 51.4 Å². The molecule has 2 rings (SSSR count). The molecular formula is C17H25N5O3. The Hall–Kier alpha value is -2.48. The summed E-state index contributed by atoms with van der Waals surface area (Å²) in [6, 6.07) is 2.75. The van der Waals surface area contributed by atoms with Gasteiger partial charge in [0.1, 0.15) is 5.82 Å². The van der Waals surface area contributed by atoms with E-state index in [-0.39, 0.29) is 17.7 Å². The third kappa shape index (κ3) is 5.25. The molecule has 0 spiro atoms. The number of urea groups is 1. The Labute approximate surface area is 147 Å². The summed E-state index contributed by atoms with van der Waals surface area (Å²) < 4.78 is 0. The summed E-state index contributed by atoms with van der Waals surface area (Å²) in [6.07, 6.45) is 3.04. The Bertz CT molecular complexity index is 624. The van der Waals surface area contributed by atoms with Crippen LogP contribution in [0.2, 0.25) is 0 Å². The zero-order chi connectivity index (χ0) is 18.4. The molecule has 1 saturated heterocycles. The first kappa shape index (κ1) is 18.9. The fourth-order valence-electron chi connectivity index (χ4n) is 2.76. The summed E-state index contributed by atoms with van der Waals surface area (Å²) in [5.41, 5.74) is 1.04. The number of hydrogen-bond acceptors (Lipinski definition) is 5. The summed E-state index contributed by atoms with van der Waals surface area (Å²) in [5, 5.41) is 7.47. The number of aromatic nitrogens is 1. The number of anilines is 1. The summed E-state index contributed by atoms with van der Waals surface area (Å²) in [4.78, 5) is 41.7. The van der Waals surface area contributed by atoms with E-state index in [0.717, 1.165) is 5.56 Å². The lowest BCUT2D eigenvalue weighted by atomic mass is 9.95. The molecule has 8 nitrogen and oxygen atoms in total. The van der Waals surface area contributed by atoms with Gasteiger partial charge in [0, 0.05) is 19.2 Å². The highest BCUT2D eigenvalue weighted by Crippen LogP contribution is 2.20. The average molecular weight is 347 g/mol. The van der Waals surface area contributed by atoms with E-state index in [0.29, 0.717) is 31.7 Å². The second-order valence-electron chi connectivity index (χ2n) is 6.26. The van der Waals surface area contributed by atoms with Crippen molar-refractivity contribution in [2.45, 2.75) is 32.7 Å². The first-order valence-electron chi connectivity index (χ1n) is 8.41. The highest BCUT2D eigenvalue weighted by atomic mass is 16.2. The summed E-state index contributed by atoms with van der Waals surface area (Å²) in [7, 11) is 1.46. The van der Waals surface area contributed by atoms with Crippen molar-refractivity contribution >= 4 is 23.7 Å². The first-order valence-corrected chi connectivity index (χ1v) is 8.41. The normalized spacial score (nSPS) is 16.8. The van der Waals surface area contributed by atoms with Crippen LogP contribution in [0.4, 0.5) is 10.6 Å². The molecule has 1 fully saturated rings. The predicted octanol–water partition coefficient (Wildman–Crippen LogP) is 0.885. The molecule has 0 bridgehead atoms. The molecule has 0 saturated carbocycles. The van der Waals surface area contributed by atoms with Gasteiger partial charge in [0.05, 0.1) is 6.04 Å². The Kier molecular flexibility index (Phi) is 6.46. The largest absolute Gasteiger partial charge is 0.341 e. The number of hydrogen-bond donors (Lipinski definition) is 3. The van der Waals surface area contributed by atoms with E-state index in [1.54, 1.807) is 19.2 Å². The Balaban J connectivity index is 1.82. The summed E-state index contributed by atoms with van der Waals surface area (Å²) in [5.74, 6) is 0.0643. The van der Waals surface area contributed by atoms with Crippen molar-refractivity contribution in [3.63, 3.8) is 0 Å². The third-order valence-corrected chi connectivity index (χ3v) is 4.45. The summed E-state index contributed by atoms with van der Waals surface area (Å²) in [6.45, 7) is 4.95. The lowest BCUT2D eigenvalue weighted by Crippen LogP contribution is -2.51. The van der Waals surface area contributed by atoms with Gasteiger partial charge < -0.3 is 10.6 Å². The van der Waals surface area contributed by atoms with Crippen molar-refractivity contribution in [2.24, 2.45) is 5.92 Å². The number of nitrogens with one attached hydrogen (secondary N) is 3. The van der Waals surface area contributed by atoms with Crippen molar-refractivity contribution in [1.82, 2.24) is 20.5 Å². The van der Waals surface area contributed by atoms with Crippen molar-refractivity contribution in [3.05, 3.63) is 23.9 Å². The average Bonchev–Trinajstić information content (AvgIpc) is 2.62. The molecule has 25 heavy (non-hydrogen) atoms. The number of carbonyl (C=O) groups excluding carboxylic acids is 3. The van der Waals surface area contributed by atoms with E-state index in [4.69, 9.17) is 0 Å². The minimum absolute atomic E-state index is 0.0431. The Morgan fingerprint density at radius 3 is 2.48 bits per heavy atom. The molecule has 1 aromatic rings. The van der Waals surface area contributed by atoms with E-state index in [1.165, 1.54) is 7.05 Å². The summed E-state index contributed by atoms with van der Waals surface area (Å²) >= 11 is 0. The van der Waals surface area contributed by atoms with Crippen LogP contribution in [0.1, 0.15) is 25.3 Å². The van der Waals surface area contributed by atoms with Gasteiger partial charge in [-0.2, -0.15) is 0 Å². The maximum Gasteiger partial charge on any atom is 0.321 e. The second-order valence-corrected chi connectivity index (χ2v) is 6.26. The zero-order valence-electron chi connectivity index (χ0n) is 14.8. The molecule has 1 aliphatic rings. The van der Waals surface area contributed by atoms with Gasteiger partial charge in [0.15, 0.2) is 0 Å². The highest BCUT2D eigenvalue weighted by molar-refractivity contribution is 5.96. The maximum atomic E-state index is 12.3. The van der Waals surface area contributed by atoms with Gasteiger partial charge >= 0.3 is 6.03 Å². The van der Waals surface area contributed by atoms with Gasteiger partial charge in [-0.25, -0.2) is 9.78 Å². The van der Waals surface area contributed by atoms with Gasteiger partial charge in [0.25, 0.3) is 0 Å². The zero-order valence-corrected chi connectivity index (χ0v) is 14.8. The highest BCUT2D eigenvalue weighted by Gasteiger charge is 2.30. The lowest BCUT2D eigenvalue weighted by Gasteiger charge is -2.34. The van der Waals surface area contributed by atoms with Crippen LogP contribution in [0.3, 0.4) is 0 Å². The topological polar surface area (TPSA) is 103 Å². The molecule has 2 heterocycles. The number of amides is 4. The van der Waals surface area contributed by atoms with Gasteiger partial charge in [-0.1, -0.05) is 6.07 Å². The van der Waals surface area contributed by atoms with Gasteiger partial charge in [-0.3, -0.25) is 19.8 Å². The molecule has 0 aromatic carbocycles. The molecule has 1 aliphatic heterocycles. The quantitative estimate of drug-likeness (QED) is 0.750. The van der Waals surface area contributed by atoms with Crippen molar-refractivity contribution < 1.29 is 14.4 Å². The minimum Gasteiger partial charge on any atom is -0.341 e.